The van der Waals surface area contributed by atoms with Crippen LogP contribution in [0.1, 0.15) is 74.3 Å². The molecule has 3 aromatic rings. The first-order valence-electron chi connectivity index (χ1n) is 12.7. The van der Waals surface area contributed by atoms with Gasteiger partial charge in [0.25, 0.3) is 0 Å². The molecule has 0 fully saturated rings. The Balaban J connectivity index is 1.75. The smallest absolute Gasteiger partial charge is 0.0811 e. The van der Waals surface area contributed by atoms with E-state index in [4.69, 9.17) is 11.3 Å². The summed E-state index contributed by atoms with van der Waals surface area (Å²) in [4.78, 5) is 16.5. The summed E-state index contributed by atoms with van der Waals surface area (Å²) in [6, 6.07) is 12.3. The summed E-state index contributed by atoms with van der Waals surface area (Å²) in [6.07, 6.45) is 8.25. The van der Waals surface area contributed by atoms with E-state index in [0.29, 0.717) is 29.4 Å². The monoisotopic (exact) mass is 453 g/mol. The number of nitrogens with zero attached hydrogens (tertiary/aromatic N) is 2. The molecule has 8 bridgehead atoms. The molecule has 0 radical (unpaired) electrons. The molecule has 5 heterocycles. The molecule has 5 nitrogen and oxygen atoms in total. The van der Waals surface area contributed by atoms with Gasteiger partial charge in [-0.05, 0) is 86.0 Å². The van der Waals surface area contributed by atoms with Crippen molar-refractivity contribution in [3.05, 3.63) is 70.3 Å². The molecule has 0 saturated carbocycles. The van der Waals surface area contributed by atoms with Crippen molar-refractivity contribution >= 4 is 45.8 Å². The number of hydrogen-bond donors (Lipinski definition) is 3. The molecule has 5 rings (SSSR count). The average Bonchev–Trinajstić information content (AvgIpc) is 3.60. The highest BCUT2D eigenvalue weighted by Crippen LogP contribution is 2.31. The first-order chi connectivity index (χ1) is 16.9. The standard InChI is InChI=1S/C29H32N4O/c1-4-5-6-7-8-27(34)26-17-25-16-23-12-10-21(31-23)14-20-9-11-22(30-20)15-24-13-18(2)28(32-24)19(3)29(26)33-25/h9-17,27,31-32,34H,4-8H2,1-3H3/i17D. The van der Waals surface area contributed by atoms with E-state index in [1.54, 1.807) is 0 Å². The minimum Gasteiger partial charge on any atom is -0.388 e. The molecule has 174 valence electrons. The van der Waals surface area contributed by atoms with Crippen LogP contribution >= 0.6 is 0 Å². The summed E-state index contributed by atoms with van der Waals surface area (Å²) in [7, 11) is 0. The predicted molar refractivity (Wildman–Crippen MR) is 142 cm³/mol. The minimum absolute atomic E-state index is 0.296. The van der Waals surface area contributed by atoms with Crippen molar-refractivity contribution in [3.63, 3.8) is 0 Å². The summed E-state index contributed by atoms with van der Waals surface area (Å²) in [5, 5.41) is 11.2. The van der Waals surface area contributed by atoms with Gasteiger partial charge in [0.1, 0.15) is 0 Å². The van der Waals surface area contributed by atoms with Crippen molar-refractivity contribution in [2.75, 3.05) is 0 Å². The Bertz CT molecular complexity index is 1490. The molecule has 2 aliphatic rings. The van der Waals surface area contributed by atoms with Crippen LogP contribution in [0, 0.1) is 13.8 Å². The third-order valence-electron chi connectivity index (χ3n) is 6.49. The van der Waals surface area contributed by atoms with Gasteiger partial charge in [-0.15, -0.1) is 0 Å². The van der Waals surface area contributed by atoms with Gasteiger partial charge in [-0.1, -0.05) is 32.6 Å². The van der Waals surface area contributed by atoms with E-state index in [2.05, 4.69) is 29.9 Å². The number of aliphatic hydroxyl groups excluding tert-OH is 1. The van der Waals surface area contributed by atoms with Crippen molar-refractivity contribution in [2.24, 2.45) is 0 Å². The number of aryl methyl sites for hydroxylation is 2. The summed E-state index contributed by atoms with van der Waals surface area (Å²) < 4.78 is 8.94. The van der Waals surface area contributed by atoms with Crippen molar-refractivity contribution in [1.29, 1.82) is 0 Å². The Morgan fingerprint density at radius 2 is 1.59 bits per heavy atom. The van der Waals surface area contributed by atoms with E-state index in [0.717, 1.165) is 70.3 Å². The molecule has 0 aromatic carbocycles. The molecule has 0 saturated heterocycles. The van der Waals surface area contributed by atoms with Gasteiger partial charge >= 0.3 is 0 Å². The second-order valence-electron chi connectivity index (χ2n) is 9.25. The number of aromatic amines is 2. The van der Waals surface area contributed by atoms with Crippen LogP contribution in [0.3, 0.4) is 0 Å². The summed E-state index contributed by atoms with van der Waals surface area (Å²) >= 11 is 0. The molecule has 0 aliphatic carbocycles. The highest BCUT2D eigenvalue weighted by atomic mass is 16.3. The average molecular weight is 454 g/mol. The highest BCUT2D eigenvalue weighted by molar-refractivity contribution is 5.89. The van der Waals surface area contributed by atoms with E-state index < -0.39 is 6.10 Å². The zero-order valence-electron chi connectivity index (χ0n) is 21.1. The number of rotatable bonds is 6. The number of fused-ring (bicyclic) bond motifs is 8. The van der Waals surface area contributed by atoms with Gasteiger partial charge in [-0.2, -0.15) is 0 Å². The lowest BCUT2D eigenvalue weighted by Gasteiger charge is -2.13. The third-order valence-corrected chi connectivity index (χ3v) is 6.49. The van der Waals surface area contributed by atoms with E-state index in [1.165, 1.54) is 0 Å². The molecule has 5 heteroatoms. The fourth-order valence-electron chi connectivity index (χ4n) is 4.70. The van der Waals surface area contributed by atoms with E-state index in [1.807, 2.05) is 49.4 Å². The highest BCUT2D eigenvalue weighted by Gasteiger charge is 2.21. The molecular weight excluding hydrogens is 420 g/mol. The van der Waals surface area contributed by atoms with Crippen LogP contribution in [0.5, 0.6) is 0 Å². The maximum absolute atomic E-state index is 11.2. The molecule has 3 aromatic heterocycles. The molecule has 1 atom stereocenters. The van der Waals surface area contributed by atoms with Gasteiger partial charge in [0.05, 0.1) is 30.3 Å². The van der Waals surface area contributed by atoms with Gasteiger partial charge in [0.15, 0.2) is 0 Å². The van der Waals surface area contributed by atoms with Crippen LogP contribution in [-0.4, -0.2) is 31.1 Å². The van der Waals surface area contributed by atoms with Gasteiger partial charge < -0.3 is 15.1 Å². The molecule has 2 aliphatic heterocycles. The van der Waals surface area contributed by atoms with Crippen molar-refractivity contribution in [1.82, 2.24) is 19.9 Å². The molecule has 0 spiro atoms. The summed E-state index contributed by atoms with van der Waals surface area (Å²) in [5.74, 6) is 0. The lowest BCUT2D eigenvalue weighted by molar-refractivity contribution is 0.217. The predicted octanol–water partition coefficient (Wildman–Crippen LogP) is 6.97. The fraction of sp³-hybridized carbons (Fsp3) is 0.310. The Hall–Kier alpha value is -3.44. The lowest BCUT2D eigenvalue weighted by Crippen LogP contribution is -2.09. The number of aliphatic hydroxyl groups is 1. The van der Waals surface area contributed by atoms with Crippen molar-refractivity contribution in [3.8, 4) is 0 Å². The van der Waals surface area contributed by atoms with Gasteiger partial charge in [0.2, 0.25) is 0 Å². The van der Waals surface area contributed by atoms with Crippen molar-refractivity contribution in [2.45, 2.75) is 59.0 Å². The Kier molecular flexibility index (Phi) is 5.86. The fourth-order valence-corrected chi connectivity index (χ4v) is 4.70. The van der Waals surface area contributed by atoms with Crippen LogP contribution in [0.2, 0.25) is 0 Å². The largest absolute Gasteiger partial charge is 0.388 e. The SMILES string of the molecule is [2H]C1=C(C(O)CCCCCC)c2nc1cc1ccc(cc3nc(cc4cc(C)c([nH]4)c2C)C=C3)[nH]1. The van der Waals surface area contributed by atoms with Crippen LogP contribution < -0.4 is 0 Å². The first-order valence-corrected chi connectivity index (χ1v) is 12.2. The maximum Gasteiger partial charge on any atom is 0.0811 e. The third kappa shape index (κ3) is 4.62. The number of hydrogen-bond acceptors (Lipinski definition) is 3. The first kappa shape index (κ1) is 21.1. The van der Waals surface area contributed by atoms with Gasteiger partial charge in [-0.25, -0.2) is 9.97 Å². The van der Waals surface area contributed by atoms with E-state index in [-0.39, 0.29) is 0 Å². The quantitative estimate of drug-likeness (QED) is 0.276. The zero-order valence-corrected chi connectivity index (χ0v) is 20.1. The Labute approximate surface area is 201 Å². The van der Waals surface area contributed by atoms with Crippen LogP contribution in [-0.2, 0) is 0 Å². The zero-order chi connectivity index (χ0) is 24.5. The summed E-state index contributed by atoms with van der Waals surface area (Å²) in [5.41, 5.74) is 9.39. The van der Waals surface area contributed by atoms with Gasteiger partial charge in [-0.3, -0.25) is 0 Å². The maximum atomic E-state index is 11.2. The van der Waals surface area contributed by atoms with Gasteiger partial charge in [0, 0.05) is 27.6 Å². The minimum atomic E-state index is -0.721. The lowest BCUT2D eigenvalue weighted by atomic mass is 9.98. The second kappa shape index (κ2) is 9.43. The molecule has 3 N–H and O–H groups in total. The van der Waals surface area contributed by atoms with E-state index in [9.17, 15) is 5.11 Å². The van der Waals surface area contributed by atoms with Crippen LogP contribution in [0.25, 0.3) is 45.8 Å². The Morgan fingerprint density at radius 3 is 2.32 bits per heavy atom. The normalized spacial score (nSPS) is 14.5. The number of aromatic nitrogens is 4. The van der Waals surface area contributed by atoms with Crippen molar-refractivity contribution < 1.29 is 6.48 Å². The number of unbranched alkanes of at least 4 members (excludes halogenated alkanes) is 3. The number of nitrogens with one attached hydrogen (secondary N) is 2. The topological polar surface area (TPSA) is 77.6 Å². The van der Waals surface area contributed by atoms with E-state index >= 15 is 0 Å². The Morgan fingerprint density at radius 1 is 0.882 bits per heavy atom. The number of H-pyrrole nitrogens is 2. The second-order valence-corrected chi connectivity index (χ2v) is 9.25. The van der Waals surface area contributed by atoms with Crippen LogP contribution in [0.15, 0.2) is 36.4 Å². The molecule has 0 amide bonds. The summed E-state index contributed by atoms with van der Waals surface area (Å²) in [6.45, 7) is 6.27. The molecule has 34 heavy (non-hydrogen) atoms. The van der Waals surface area contributed by atoms with Crippen LogP contribution in [0.4, 0.5) is 0 Å². The molecular formula is C29H32N4O. The molecule has 1 unspecified atom stereocenters.